The van der Waals surface area contributed by atoms with Crippen LogP contribution >= 0.6 is 0 Å². The van der Waals surface area contributed by atoms with Crippen molar-refractivity contribution >= 4 is 11.6 Å². The van der Waals surface area contributed by atoms with Crippen molar-refractivity contribution in [1.82, 2.24) is 4.98 Å². The molecule has 0 saturated heterocycles. The molecule has 1 amide bonds. The molecule has 0 aliphatic carbocycles. The van der Waals surface area contributed by atoms with Gasteiger partial charge < -0.3 is 10.1 Å². The lowest BCUT2D eigenvalue weighted by molar-refractivity contribution is -0.114. The van der Waals surface area contributed by atoms with Gasteiger partial charge >= 0.3 is 0 Å². The fraction of sp³-hybridized carbons (Fsp3) is 0.333. The summed E-state index contributed by atoms with van der Waals surface area (Å²) in [4.78, 5) is 14.9. The third-order valence-electron chi connectivity index (χ3n) is 1.50. The maximum atomic E-state index is 10.8. The number of ether oxygens (including phenoxy) is 1. The van der Waals surface area contributed by atoms with Crippen molar-refractivity contribution in [2.75, 3.05) is 12.4 Å². The summed E-state index contributed by atoms with van der Waals surface area (Å²) in [6.07, 6.45) is 0. The first-order chi connectivity index (χ1) is 6.13. The van der Waals surface area contributed by atoms with Crippen LogP contribution in [0.2, 0.25) is 0 Å². The minimum atomic E-state index is -0.135. The number of rotatable bonds is 2. The van der Waals surface area contributed by atoms with Gasteiger partial charge in [0.2, 0.25) is 11.8 Å². The van der Waals surface area contributed by atoms with Crippen LogP contribution in [0.4, 0.5) is 5.69 Å². The summed E-state index contributed by atoms with van der Waals surface area (Å²) in [5.74, 6) is 0.305. The molecule has 0 aliphatic heterocycles. The summed E-state index contributed by atoms with van der Waals surface area (Å²) < 4.78 is 5.00. The van der Waals surface area contributed by atoms with Gasteiger partial charge in [0, 0.05) is 12.6 Å². The molecule has 0 aliphatic rings. The van der Waals surface area contributed by atoms with Crippen LogP contribution in [-0.2, 0) is 4.79 Å². The number of hydrogen-bond acceptors (Lipinski definition) is 3. The van der Waals surface area contributed by atoms with Crippen molar-refractivity contribution in [2.45, 2.75) is 13.8 Å². The van der Waals surface area contributed by atoms with Crippen LogP contribution in [0, 0.1) is 6.92 Å². The number of aryl methyl sites for hydroxylation is 1. The molecule has 1 aromatic rings. The standard InChI is InChI=1S/C9H12N2O2/c1-6-4-5-8(11-7(2)12)9(10-6)13-3/h4-5H,1-3H3,(H,11,12). The molecule has 13 heavy (non-hydrogen) atoms. The molecule has 4 nitrogen and oxygen atoms in total. The third kappa shape index (κ3) is 2.43. The number of hydrogen-bond donors (Lipinski definition) is 1. The zero-order valence-electron chi connectivity index (χ0n) is 7.92. The molecule has 1 aromatic heterocycles. The van der Waals surface area contributed by atoms with Gasteiger partial charge in [-0.2, -0.15) is 0 Å². The van der Waals surface area contributed by atoms with E-state index in [1.54, 1.807) is 6.07 Å². The van der Waals surface area contributed by atoms with Crippen molar-refractivity contribution in [3.8, 4) is 5.88 Å². The summed E-state index contributed by atoms with van der Waals surface area (Å²) in [7, 11) is 1.52. The van der Waals surface area contributed by atoms with E-state index < -0.39 is 0 Å². The monoisotopic (exact) mass is 180 g/mol. The Labute approximate surface area is 76.9 Å². The molecule has 0 fully saturated rings. The Morgan fingerprint density at radius 2 is 2.23 bits per heavy atom. The Hall–Kier alpha value is -1.58. The van der Waals surface area contributed by atoms with Gasteiger partial charge in [0.1, 0.15) is 5.69 Å². The molecule has 0 radical (unpaired) electrons. The number of methoxy groups -OCH3 is 1. The van der Waals surface area contributed by atoms with Gasteiger partial charge in [-0.3, -0.25) is 4.79 Å². The van der Waals surface area contributed by atoms with Gasteiger partial charge in [0.05, 0.1) is 7.11 Å². The van der Waals surface area contributed by atoms with Crippen molar-refractivity contribution in [1.29, 1.82) is 0 Å². The lowest BCUT2D eigenvalue weighted by atomic mass is 10.3. The Bertz CT molecular complexity index is 323. The third-order valence-corrected chi connectivity index (χ3v) is 1.50. The molecule has 0 unspecified atom stereocenters. The Morgan fingerprint density at radius 1 is 1.54 bits per heavy atom. The van der Waals surface area contributed by atoms with Gasteiger partial charge in [0.25, 0.3) is 0 Å². The Morgan fingerprint density at radius 3 is 2.77 bits per heavy atom. The van der Waals surface area contributed by atoms with Gasteiger partial charge in [-0.15, -0.1) is 0 Å². The van der Waals surface area contributed by atoms with Crippen molar-refractivity contribution < 1.29 is 9.53 Å². The number of amides is 1. The van der Waals surface area contributed by atoms with E-state index in [0.29, 0.717) is 11.6 Å². The van der Waals surface area contributed by atoms with E-state index in [-0.39, 0.29) is 5.91 Å². The molecular weight excluding hydrogens is 168 g/mol. The summed E-state index contributed by atoms with van der Waals surface area (Å²) in [6, 6.07) is 3.58. The average molecular weight is 180 g/mol. The highest BCUT2D eigenvalue weighted by molar-refractivity contribution is 5.89. The van der Waals surface area contributed by atoms with E-state index in [0.717, 1.165) is 5.69 Å². The van der Waals surface area contributed by atoms with Crippen LogP contribution < -0.4 is 10.1 Å². The number of aromatic nitrogens is 1. The van der Waals surface area contributed by atoms with Crippen LogP contribution in [0.25, 0.3) is 0 Å². The lowest BCUT2D eigenvalue weighted by Crippen LogP contribution is -2.08. The molecule has 70 valence electrons. The van der Waals surface area contributed by atoms with E-state index in [9.17, 15) is 4.79 Å². The maximum Gasteiger partial charge on any atom is 0.237 e. The zero-order chi connectivity index (χ0) is 9.84. The fourth-order valence-electron chi connectivity index (χ4n) is 0.973. The first-order valence-electron chi connectivity index (χ1n) is 3.92. The van der Waals surface area contributed by atoms with E-state index in [1.165, 1.54) is 14.0 Å². The highest BCUT2D eigenvalue weighted by atomic mass is 16.5. The molecule has 1 rings (SSSR count). The van der Waals surface area contributed by atoms with Gasteiger partial charge in [-0.05, 0) is 19.1 Å². The van der Waals surface area contributed by atoms with Crippen molar-refractivity contribution in [3.05, 3.63) is 17.8 Å². The van der Waals surface area contributed by atoms with Gasteiger partial charge in [0.15, 0.2) is 0 Å². The smallest absolute Gasteiger partial charge is 0.237 e. The summed E-state index contributed by atoms with van der Waals surface area (Å²) in [5.41, 5.74) is 1.45. The van der Waals surface area contributed by atoms with Crippen LogP contribution in [0.1, 0.15) is 12.6 Å². The molecule has 0 bridgehead atoms. The SMILES string of the molecule is COc1nc(C)ccc1NC(C)=O. The number of nitrogens with zero attached hydrogens (tertiary/aromatic N) is 1. The summed E-state index contributed by atoms with van der Waals surface area (Å²) in [5, 5.41) is 2.63. The number of anilines is 1. The molecule has 1 N–H and O–H groups in total. The number of pyridine rings is 1. The molecule has 0 atom stereocenters. The molecule has 1 heterocycles. The second-order valence-corrected chi connectivity index (χ2v) is 2.69. The number of carbonyl (C=O) groups excluding carboxylic acids is 1. The average Bonchev–Trinajstić information content (AvgIpc) is 2.07. The highest BCUT2D eigenvalue weighted by Gasteiger charge is 2.05. The second-order valence-electron chi connectivity index (χ2n) is 2.69. The van der Waals surface area contributed by atoms with Gasteiger partial charge in [-0.1, -0.05) is 0 Å². The first-order valence-corrected chi connectivity index (χ1v) is 3.92. The summed E-state index contributed by atoms with van der Waals surface area (Å²) >= 11 is 0. The van der Waals surface area contributed by atoms with Crippen LogP contribution in [0.15, 0.2) is 12.1 Å². The maximum absolute atomic E-state index is 10.8. The number of nitrogens with one attached hydrogen (secondary N) is 1. The predicted molar refractivity (Wildman–Crippen MR) is 49.8 cm³/mol. The molecule has 4 heteroatoms. The lowest BCUT2D eigenvalue weighted by Gasteiger charge is -2.07. The van der Waals surface area contributed by atoms with Crippen molar-refractivity contribution in [3.63, 3.8) is 0 Å². The second kappa shape index (κ2) is 3.89. The Kier molecular flexibility index (Phi) is 2.84. The fourth-order valence-corrected chi connectivity index (χ4v) is 0.973. The first kappa shape index (κ1) is 9.51. The molecule has 0 spiro atoms. The van der Waals surface area contributed by atoms with E-state index in [4.69, 9.17) is 4.74 Å². The van der Waals surface area contributed by atoms with Crippen LogP contribution in [-0.4, -0.2) is 18.0 Å². The minimum absolute atomic E-state index is 0.135. The van der Waals surface area contributed by atoms with Gasteiger partial charge in [-0.25, -0.2) is 4.98 Å². The molecule has 0 saturated carbocycles. The Balaban J connectivity index is 2.99. The van der Waals surface area contributed by atoms with E-state index in [1.807, 2.05) is 13.0 Å². The minimum Gasteiger partial charge on any atom is -0.480 e. The summed E-state index contributed by atoms with van der Waals surface area (Å²) in [6.45, 7) is 3.30. The largest absolute Gasteiger partial charge is 0.480 e. The normalized spacial score (nSPS) is 9.46. The topological polar surface area (TPSA) is 51.2 Å². The highest BCUT2D eigenvalue weighted by Crippen LogP contribution is 2.20. The predicted octanol–water partition coefficient (Wildman–Crippen LogP) is 1.36. The van der Waals surface area contributed by atoms with Crippen LogP contribution in [0.3, 0.4) is 0 Å². The molecular formula is C9H12N2O2. The van der Waals surface area contributed by atoms with Crippen LogP contribution in [0.5, 0.6) is 5.88 Å². The number of carbonyl (C=O) groups is 1. The zero-order valence-corrected chi connectivity index (χ0v) is 7.92. The van der Waals surface area contributed by atoms with E-state index >= 15 is 0 Å². The quantitative estimate of drug-likeness (QED) is 0.747. The van der Waals surface area contributed by atoms with E-state index in [2.05, 4.69) is 10.3 Å². The van der Waals surface area contributed by atoms with Crippen molar-refractivity contribution in [2.24, 2.45) is 0 Å². The molecule has 0 aromatic carbocycles.